The molecule has 0 atom stereocenters. The molecule has 0 bridgehead atoms. The number of rotatable bonds is 5. The molecule has 0 aliphatic rings. The molecule has 1 amide bonds. The molecular weight excluding hydrogens is 254 g/mol. The second-order valence-electron chi connectivity index (χ2n) is 3.88. The largest absolute Gasteiger partial charge is 0.398 e. The molecule has 18 heavy (non-hydrogen) atoms. The molecule has 0 aliphatic heterocycles. The summed E-state index contributed by atoms with van der Waals surface area (Å²) in [4.78, 5) is 11.1. The van der Waals surface area contributed by atoms with Crippen molar-refractivity contribution in [2.75, 3.05) is 26.4 Å². The molecule has 6 nitrogen and oxygen atoms in total. The number of nitrogens with two attached hydrogens (primary N) is 1. The summed E-state index contributed by atoms with van der Waals surface area (Å²) >= 11 is 0. The van der Waals surface area contributed by atoms with Gasteiger partial charge in [-0.1, -0.05) is 18.2 Å². The van der Waals surface area contributed by atoms with E-state index < -0.39 is 10.0 Å². The van der Waals surface area contributed by atoms with Crippen LogP contribution in [0.25, 0.3) is 0 Å². The summed E-state index contributed by atoms with van der Waals surface area (Å²) in [5, 5.41) is 2.37. The number of likely N-dealkylation sites (N-methyl/N-ethyl adjacent to an activating group) is 2. The standard InChI is InChI=1S/C11H17N3O3S/c1-13-11(15)7-14(2)18(16,17)8-9-5-3-4-6-10(9)12/h3-6H,7-8,12H2,1-2H3,(H,13,15). The zero-order chi connectivity index (χ0) is 13.8. The van der Waals surface area contributed by atoms with E-state index in [1.807, 2.05) is 0 Å². The highest BCUT2D eigenvalue weighted by Crippen LogP contribution is 2.15. The first kappa shape index (κ1) is 14.5. The minimum absolute atomic E-state index is 0.203. The highest BCUT2D eigenvalue weighted by Gasteiger charge is 2.21. The Labute approximate surface area is 107 Å². The lowest BCUT2D eigenvalue weighted by atomic mass is 10.2. The van der Waals surface area contributed by atoms with Crippen molar-refractivity contribution in [1.82, 2.24) is 9.62 Å². The number of amides is 1. The number of carbonyl (C=O) groups excluding carboxylic acids is 1. The summed E-state index contributed by atoms with van der Waals surface area (Å²) in [5.74, 6) is -0.574. The van der Waals surface area contributed by atoms with E-state index in [2.05, 4.69) is 5.32 Å². The monoisotopic (exact) mass is 271 g/mol. The van der Waals surface area contributed by atoms with E-state index in [4.69, 9.17) is 5.73 Å². The molecular formula is C11H17N3O3S. The van der Waals surface area contributed by atoms with Crippen molar-refractivity contribution in [2.45, 2.75) is 5.75 Å². The normalized spacial score (nSPS) is 11.5. The average Bonchev–Trinajstić information content (AvgIpc) is 2.31. The van der Waals surface area contributed by atoms with E-state index in [1.54, 1.807) is 24.3 Å². The number of benzene rings is 1. The highest BCUT2D eigenvalue weighted by molar-refractivity contribution is 7.88. The van der Waals surface area contributed by atoms with Crippen LogP contribution in [0.15, 0.2) is 24.3 Å². The van der Waals surface area contributed by atoms with Crippen molar-refractivity contribution >= 4 is 21.6 Å². The molecule has 0 radical (unpaired) electrons. The lowest BCUT2D eigenvalue weighted by Gasteiger charge is -2.16. The summed E-state index contributed by atoms with van der Waals surface area (Å²) in [5.41, 5.74) is 6.65. The molecule has 0 fully saturated rings. The highest BCUT2D eigenvalue weighted by atomic mass is 32.2. The van der Waals surface area contributed by atoms with Gasteiger partial charge in [0, 0.05) is 19.8 Å². The van der Waals surface area contributed by atoms with Crippen LogP contribution >= 0.6 is 0 Å². The van der Waals surface area contributed by atoms with Crippen LogP contribution in [-0.2, 0) is 20.6 Å². The maximum Gasteiger partial charge on any atom is 0.235 e. The first-order chi connectivity index (χ1) is 8.36. The van der Waals surface area contributed by atoms with Crippen molar-refractivity contribution in [1.29, 1.82) is 0 Å². The summed E-state index contributed by atoms with van der Waals surface area (Å²) in [6, 6.07) is 6.75. The van der Waals surface area contributed by atoms with Crippen LogP contribution in [0.4, 0.5) is 5.69 Å². The van der Waals surface area contributed by atoms with Gasteiger partial charge in [0.05, 0.1) is 12.3 Å². The second-order valence-corrected chi connectivity index (χ2v) is 5.96. The van der Waals surface area contributed by atoms with E-state index in [1.165, 1.54) is 14.1 Å². The molecule has 1 rings (SSSR count). The first-order valence-corrected chi connectivity index (χ1v) is 6.95. The number of hydrogen-bond donors (Lipinski definition) is 2. The maximum absolute atomic E-state index is 12.0. The van der Waals surface area contributed by atoms with Gasteiger partial charge in [0.2, 0.25) is 15.9 Å². The second kappa shape index (κ2) is 5.83. The predicted molar refractivity (Wildman–Crippen MR) is 70.2 cm³/mol. The zero-order valence-electron chi connectivity index (χ0n) is 10.4. The molecule has 1 aromatic rings. The third-order valence-corrected chi connectivity index (χ3v) is 4.27. The van der Waals surface area contributed by atoms with Gasteiger partial charge in [0.25, 0.3) is 0 Å². The fraction of sp³-hybridized carbons (Fsp3) is 0.364. The summed E-state index contributed by atoms with van der Waals surface area (Å²) in [7, 11) is -0.727. The molecule has 0 aliphatic carbocycles. The quantitative estimate of drug-likeness (QED) is 0.724. The summed E-state index contributed by atoms with van der Waals surface area (Å²) in [6.45, 7) is -0.203. The Balaban J connectivity index is 2.82. The van der Waals surface area contributed by atoms with E-state index in [0.29, 0.717) is 11.3 Å². The number of nitrogens with zero attached hydrogens (tertiary/aromatic N) is 1. The first-order valence-electron chi connectivity index (χ1n) is 5.35. The van der Waals surface area contributed by atoms with Crippen LogP contribution in [0.3, 0.4) is 0 Å². The number of nitrogens with one attached hydrogen (secondary N) is 1. The maximum atomic E-state index is 12.0. The lowest BCUT2D eigenvalue weighted by Crippen LogP contribution is -2.37. The van der Waals surface area contributed by atoms with Gasteiger partial charge < -0.3 is 11.1 Å². The molecule has 3 N–H and O–H groups in total. The Morgan fingerprint density at radius 2 is 2.00 bits per heavy atom. The number of para-hydroxylation sites is 1. The van der Waals surface area contributed by atoms with Gasteiger partial charge in [0.1, 0.15) is 0 Å². The van der Waals surface area contributed by atoms with Crippen LogP contribution in [0.5, 0.6) is 0 Å². The Kier molecular flexibility index (Phi) is 4.69. The van der Waals surface area contributed by atoms with Crippen LogP contribution in [0.1, 0.15) is 5.56 Å². The third kappa shape index (κ3) is 3.71. The molecule has 1 aromatic carbocycles. The molecule has 100 valence electrons. The predicted octanol–water partition coefficient (Wildman–Crippen LogP) is -0.224. The molecule has 7 heteroatoms. The number of sulfonamides is 1. The van der Waals surface area contributed by atoms with E-state index in [-0.39, 0.29) is 18.2 Å². The van der Waals surface area contributed by atoms with Gasteiger partial charge in [-0.05, 0) is 11.6 Å². The Morgan fingerprint density at radius 1 is 1.39 bits per heavy atom. The molecule has 0 spiro atoms. The molecule has 0 unspecified atom stereocenters. The van der Waals surface area contributed by atoms with Crippen LogP contribution in [0, 0.1) is 0 Å². The van der Waals surface area contributed by atoms with E-state index >= 15 is 0 Å². The van der Waals surface area contributed by atoms with Crippen molar-refractivity contribution in [3.05, 3.63) is 29.8 Å². The van der Waals surface area contributed by atoms with E-state index in [0.717, 1.165) is 4.31 Å². The molecule has 0 aromatic heterocycles. The lowest BCUT2D eigenvalue weighted by molar-refractivity contribution is -0.120. The third-order valence-electron chi connectivity index (χ3n) is 2.51. The fourth-order valence-electron chi connectivity index (χ4n) is 1.35. The minimum atomic E-state index is -3.55. The topological polar surface area (TPSA) is 92.5 Å². The number of nitrogen functional groups attached to an aromatic ring is 1. The summed E-state index contributed by atoms with van der Waals surface area (Å²) < 4.78 is 25.0. The smallest absolute Gasteiger partial charge is 0.235 e. The van der Waals surface area contributed by atoms with Crippen LogP contribution in [0.2, 0.25) is 0 Å². The summed E-state index contributed by atoms with van der Waals surface area (Å²) in [6.07, 6.45) is 0. The fourth-order valence-corrected chi connectivity index (χ4v) is 2.54. The van der Waals surface area contributed by atoms with Crippen molar-refractivity contribution < 1.29 is 13.2 Å². The van der Waals surface area contributed by atoms with Crippen LogP contribution < -0.4 is 11.1 Å². The zero-order valence-corrected chi connectivity index (χ0v) is 11.2. The van der Waals surface area contributed by atoms with Crippen molar-refractivity contribution in [3.63, 3.8) is 0 Å². The Bertz CT molecular complexity index is 528. The van der Waals surface area contributed by atoms with Gasteiger partial charge >= 0.3 is 0 Å². The van der Waals surface area contributed by atoms with Gasteiger partial charge in [-0.15, -0.1) is 0 Å². The van der Waals surface area contributed by atoms with Crippen molar-refractivity contribution in [2.24, 2.45) is 0 Å². The van der Waals surface area contributed by atoms with Crippen LogP contribution in [-0.4, -0.2) is 39.3 Å². The SMILES string of the molecule is CNC(=O)CN(C)S(=O)(=O)Cc1ccccc1N. The molecule has 0 saturated heterocycles. The number of carbonyl (C=O) groups is 1. The van der Waals surface area contributed by atoms with Gasteiger partial charge in [0.15, 0.2) is 0 Å². The molecule has 0 saturated carbocycles. The number of anilines is 1. The van der Waals surface area contributed by atoms with Gasteiger partial charge in [-0.25, -0.2) is 8.42 Å². The van der Waals surface area contributed by atoms with E-state index in [9.17, 15) is 13.2 Å². The average molecular weight is 271 g/mol. The van der Waals surface area contributed by atoms with Gasteiger partial charge in [-0.2, -0.15) is 4.31 Å². The Morgan fingerprint density at radius 3 is 2.56 bits per heavy atom. The van der Waals surface area contributed by atoms with Gasteiger partial charge in [-0.3, -0.25) is 4.79 Å². The molecule has 0 heterocycles. The Hall–Kier alpha value is -1.60. The number of hydrogen-bond acceptors (Lipinski definition) is 4. The van der Waals surface area contributed by atoms with Crippen molar-refractivity contribution in [3.8, 4) is 0 Å². The minimum Gasteiger partial charge on any atom is -0.398 e.